The third kappa shape index (κ3) is 3.45. The molecule has 2 rings (SSSR count). The number of benzene rings is 1. The summed E-state index contributed by atoms with van der Waals surface area (Å²) in [6.45, 7) is 1.79. The Hall–Kier alpha value is -1.74. The van der Waals surface area contributed by atoms with Crippen LogP contribution in [-0.4, -0.2) is 32.8 Å². The topological polar surface area (TPSA) is 47.9 Å². The van der Waals surface area contributed by atoms with Crippen molar-refractivity contribution in [1.29, 1.82) is 0 Å². The summed E-state index contributed by atoms with van der Waals surface area (Å²) in [6, 6.07) is 5.39. The molecule has 0 saturated heterocycles. The molecule has 2 N–H and O–H groups in total. The number of rotatable bonds is 3. The number of aliphatic hydroxyl groups is 1. The van der Waals surface area contributed by atoms with Crippen LogP contribution in [-0.2, 0) is 0 Å². The number of alkyl halides is 3. The number of anilines is 1. The lowest BCUT2D eigenvalue weighted by Gasteiger charge is -2.34. The van der Waals surface area contributed by atoms with E-state index in [1.165, 1.54) is 18.2 Å². The van der Waals surface area contributed by atoms with E-state index >= 15 is 0 Å². The lowest BCUT2D eigenvalue weighted by Crippen LogP contribution is -2.57. The van der Waals surface area contributed by atoms with E-state index in [2.05, 4.69) is 10.4 Å². The van der Waals surface area contributed by atoms with E-state index in [1.54, 1.807) is 6.92 Å². The highest BCUT2D eigenvalue weighted by Gasteiger charge is 2.62. The Bertz CT molecular complexity index is 635. The van der Waals surface area contributed by atoms with Gasteiger partial charge >= 0.3 is 6.18 Å². The van der Waals surface area contributed by atoms with Crippen molar-refractivity contribution in [3.8, 4) is 0 Å². The van der Waals surface area contributed by atoms with Crippen LogP contribution < -0.4 is 5.32 Å². The van der Waals surface area contributed by atoms with E-state index in [0.29, 0.717) is 17.9 Å². The van der Waals surface area contributed by atoms with E-state index < -0.39 is 29.3 Å². The Morgan fingerprint density at radius 3 is 2.65 bits per heavy atom. The fourth-order valence-corrected chi connectivity index (χ4v) is 2.51. The van der Waals surface area contributed by atoms with Crippen LogP contribution in [0, 0.1) is 5.82 Å². The first-order valence-electron chi connectivity index (χ1n) is 6.90. The van der Waals surface area contributed by atoms with Gasteiger partial charge in [0.25, 0.3) is 5.72 Å². The van der Waals surface area contributed by atoms with Crippen molar-refractivity contribution >= 4 is 28.7 Å². The Morgan fingerprint density at radius 2 is 2.09 bits per heavy atom. The first kappa shape index (κ1) is 17.6. The van der Waals surface area contributed by atoms with Crippen LogP contribution in [0.5, 0.6) is 0 Å². The van der Waals surface area contributed by atoms with Gasteiger partial charge in [-0.2, -0.15) is 23.3 Å². The van der Waals surface area contributed by atoms with Gasteiger partial charge in [-0.25, -0.2) is 4.39 Å². The third-order valence-electron chi connectivity index (χ3n) is 3.34. The lowest BCUT2D eigenvalue weighted by molar-refractivity contribution is -0.294. The molecule has 0 fully saturated rings. The second-order valence-corrected chi connectivity index (χ2v) is 5.52. The third-order valence-corrected chi connectivity index (χ3v) is 3.62. The Labute approximate surface area is 135 Å². The van der Waals surface area contributed by atoms with Crippen molar-refractivity contribution in [3.63, 3.8) is 0 Å². The predicted octanol–water partition coefficient (Wildman–Crippen LogP) is 3.64. The fraction of sp³-hybridized carbons (Fsp3) is 0.429. The van der Waals surface area contributed by atoms with Crippen LogP contribution in [0.1, 0.15) is 26.2 Å². The number of halogens is 4. The lowest BCUT2D eigenvalue weighted by atomic mass is 10.0. The SMILES string of the molecule is CCCC1=NN(C(=S)Nc2ccccc2F)C(O)(C(F)(F)F)C1. The molecule has 1 aliphatic rings. The molecule has 1 aliphatic heterocycles. The highest BCUT2D eigenvalue weighted by atomic mass is 32.1. The molecule has 23 heavy (non-hydrogen) atoms. The summed E-state index contributed by atoms with van der Waals surface area (Å²) in [4.78, 5) is 0. The van der Waals surface area contributed by atoms with Crippen molar-refractivity contribution < 1.29 is 22.7 Å². The number of hydrogen-bond acceptors (Lipinski definition) is 3. The van der Waals surface area contributed by atoms with Crippen molar-refractivity contribution in [2.45, 2.75) is 38.1 Å². The van der Waals surface area contributed by atoms with Gasteiger partial charge in [0.2, 0.25) is 0 Å². The molecule has 0 saturated carbocycles. The van der Waals surface area contributed by atoms with Gasteiger partial charge in [-0.1, -0.05) is 25.5 Å². The maximum absolute atomic E-state index is 13.6. The molecule has 1 unspecified atom stereocenters. The maximum atomic E-state index is 13.6. The van der Waals surface area contributed by atoms with Gasteiger partial charge in [0, 0.05) is 12.1 Å². The van der Waals surface area contributed by atoms with Crippen LogP contribution in [0.4, 0.5) is 23.2 Å². The smallest absolute Gasteiger partial charge is 0.362 e. The Balaban J connectivity index is 2.29. The minimum Gasteiger partial charge on any atom is -0.362 e. The molecule has 4 nitrogen and oxygen atoms in total. The fourth-order valence-electron chi connectivity index (χ4n) is 2.21. The highest BCUT2D eigenvalue weighted by molar-refractivity contribution is 7.80. The Morgan fingerprint density at radius 1 is 1.43 bits per heavy atom. The zero-order chi connectivity index (χ0) is 17.3. The minimum absolute atomic E-state index is 0.0961. The number of para-hydroxylation sites is 1. The van der Waals surface area contributed by atoms with Gasteiger partial charge in [-0.3, -0.25) is 0 Å². The van der Waals surface area contributed by atoms with Gasteiger partial charge in [0.15, 0.2) is 5.11 Å². The molecule has 0 bridgehead atoms. The average molecular weight is 349 g/mol. The molecular weight excluding hydrogens is 334 g/mol. The van der Waals surface area contributed by atoms with E-state index in [1.807, 2.05) is 0 Å². The number of hydrogen-bond donors (Lipinski definition) is 2. The van der Waals surface area contributed by atoms with Gasteiger partial charge in [-0.05, 0) is 30.8 Å². The molecule has 1 aromatic rings. The Kier molecular flexibility index (Phi) is 4.90. The summed E-state index contributed by atoms with van der Waals surface area (Å²) < 4.78 is 53.4. The van der Waals surface area contributed by atoms with E-state index in [9.17, 15) is 22.7 Å². The summed E-state index contributed by atoms with van der Waals surface area (Å²) >= 11 is 4.89. The quantitative estimate of drug-likeness (QED) is 0.646. The van der Waals surface area contributed by atoms with Crippen LogP contribution in [0.25, 0.3) is 0 Å². The van der Waals surface area contributed by atoms with Crippen LogP contribution >= 0.6 is 12.2 Å². The molecule has 0 radical (unpaired) electrons. The van der Waals surface area contributed by atoms with E-state index in [4.69, 9.17) is 12.2 Å². The zero-order valence-corrected chi connectivity index (χ0v) is 13.0. The van der Waals surface area contributed by atoms with Crippen molar-refractivity contribution in [2.75, 3.05) is 5.32 Å². The standard InChI is InChI=1S/C14H15F4N3OS/c1-2-5-9-8-13(22,14(16,17)18)21(20-9)12(23)19-11-7-4-3-6-10(11)15/h3-4,6-7,22H,2,5,8H2,1H3,(H,19,23). The molecule has 1 heterocycles. The number of thiocarbonyl (C=S) groups is 1. The summed E-state index contributed by atoms with van der Waals surface area (Å²) in [7, 11) is 0. The molecule has 126 valence electrons. The van der Waals surface area contributed by atoms with E-state index in [0.717, 1.165) is 6.07 Å². The summed E-state index contributed by atoms with van der Waals surface area (Å²) in [5.74, 6) is -0.678. The van der Waals surface area contributed by atoms with Crippen molar-refractivity contribution in [1.82, 2.24) is 5.01 Å². The molecule has 0 aliphatic carbocycles. The van der Waals surface area contributed by atoms with E-state index in [-0.39, 0.29) is 11.4 Å². The number of hydrazone groups is 1. The van der Waals surface area contributed by atoms with Gasteiger partial charge in [-0.15, -0.1) is 0 Å². The number of nitrogens with zero attached hydrogens (tertiary/aromatic N) is 2. The highest BCUT2D eigenvalue weighted by Crippen LogP contribution is 2.41. The van der Waals surface area contributed by atoms with Crippen molar-refractivity contribution in [3.05, 3.63) is 30.1 Å². The van der Waals surface area contributed by atoms with Crippen LogP contribution in [0.3, 0.4) is 0 Å². The largest absolute Gasteiger partial charge is 0.438 e. The maximum Gasteiger partial charge on any atom is 0.438 e. The minimum atomic E-state index is -4.97. The summed E-state index contributed by atoms with van der Waals surface area (Å²) in [5.41, 5.74) is -3.14. The molecule has 1 atom stereocenters. The second-order valence-electron chi connectivity index (χ2n) is 5.13. The normalized spacial score (nSPS) is 21.3. The molecule has 0 aromatic heterocycles. The molecular formula is C14H15F4N3OS. The van der Waals surface area contributed by atoms with Gasteiger partial charge in [0.05, 0.1) is 5.69 Å². The monoisotopic (exact) mass is 349 g/mol. The van der Waals surface area contributed by atoms with Crippen molar-refractivity contribution in [2.24, 2.45) is 5.10 Å². The number of nitrogens with one attached hydrogen (secondary N) is 1. The first-order chi connectivity index (χ1) is 10.7. The summed E-state index contributed by atoms with van der Waals surface area (Å²) in [6.07, 6.45) is -4.78. The average Bonchev–Trinajstić information content (AvgIpc) is 2.80. The molecule has 1 aromatic carbocycles. The molecule has 0 spiro atoms. The second kappa shape index (κ2) is 6.40. The van der Waals surface area contributed by atoms with Gasteiger partial charge in [0.1, 0.15) is 5.82 Å². The first-order valence-corrected chi connectivity index (χ1v) is 7.31. The predicted molar refractivity (Wildman–Crippen MR) is 82.4 cm³/mol. The van der Waals surface area contributed by atoms with Crippen LogP contribution in [0.15, 0.2) is 29.4 Å². The molecule has 0 amide bonds. The zero-order valence-electron chi connectivity index (χ0n) is 12.2. The van der Waals surface area contributed by atoms with Gasteiger partial charge < -0.3 is 10.4 Å². The van der Waals surface area contributed by atoms with Crippen LogP contribution in [0.2, 0.25) is 0 Å². The molecule has 9 heteroatoms. The summed E-state index contributed by atoms with van der Waals surface area (Å²) in [5, 5.41) is 16.0.